The van der Waals surface area contributed by atoms with E-state index < -0.39 is 25.2 Å². The number of carbonyl (C=O) groups excluding carboxylic acids is 1. The Labute approximate surface area is 153 Å². The number of carbonyl (C=O) groups is 1. The first kappa shape index (κ1) is 19.9. The molecule has 0 spiro atoms. The van der Waals surface area contributed by atoms with E-state index in [0.29, 0.717) is 49.4 Å². The predicted molar refractivity (Wildman–Crippen MR) is 90.1 cm³/mol. The van der Waals surface area contributed by atoms with Crippen molar-refractivity contribution in [2.24, 2.45) is 35.5 Å². The second kappa shape index (κ2) is 7.67. The maximum Gasteiger partial charge on any atom is 0.309 e. The quantitative estimate of drug-likeness (QED) is 0.438. The van der Waals surface area contributed by atoms with Crippen molar-refractivity contribution in [2.45, 2.75) is 83.7 Å². The molecule has 3 fully saturated rings. The van der Waals surface area contributed by atoms with Crippen molar-refractivity contribution in [1.82, 2.24) is 0 Å². The Morgan fingerprint density at radius 1 is 1.08 bits per heavy atom. The van der Waals surface area contributed by atoms with E-state index in [2.05, 4.69) is 13.8 Å². The number of hydrogen-bond acceptors (Lipinski definition) is 2. The molecule has 3 rings (SSSR count). The molecule has 3 saturated carbocycles. The van der Waals surface area contributed by atoms with Crippen LogP contribution in [0.3, 0.4) is 0 Å². The van der Waals surface area contributed by atoms with Gasteiger partial charge in [-0.1, -0.05) is 13.8 Å². The van der Waals surface area contributed by atoms with Crippen LogP contribution in [0.4, 0.5) is 17.6 Å². The van der Waals surface area contributed by atoms with Crippen molar-refractivity contribution >= 4 is 5.97 Å². The highest BCUT2D eigenvalue weighted by Gasteiger charge is 2.52. The molecule has 26 heavy (non-hydrogen) atoms. The normalized spacial score (nSPS) is 40.2. The minimum Gasteiger partial charge on any atom is -0.462 e. The van der Waals surface area contributed by atoms with E-state index in [1.807, 2.05) is 0 Å². The van der Waals surface area contributed by atoms with E-state index in [9.17, 15) is 22.4 Å². The smallest absolute Gasteiger partial charge is 0.309 e. The molecule has 0 N–H and O–H groups in total. The third-order valence-corrected chi connectivity index (χ3v) is 7.32. The standard InChI is InChI=1S/C20H30F4O2/c1-11-12(2)16-7-14(11)8-17(16)19(25)26-15-5-3-13(4-6-15)9-20(23,24)10-18(21)22/h11-18H,3-10H2,1-2H3. The minimum absolute atomic E-state index is 0.000649. The highest BCUT2D eigenvalue weighted by Crippen LogP contribution is 2.55. The van der Waals surface area contributed by atoms with Gasteiger partial charge in [0.2, 0.25) is 6.43 Å². The largest absolute Gasteiger partial charge is 0.462 e. The Hall–Kier alpha value is -0.810. The van der Waals surface area contributed by atoms with E-state index in [4.69, 9.17) is 4.74 Å². The molecule has 2 bridgehead atoms. The van der Waals surface area contributed by atoms with Crippen LogP contribution in [0.15, 0.2) is 0 Å². The van der Waals surface area contributed by atoms with Crippen LogP contribution in [0.5, 0.6) is 0 Å². The summed E-state index contributed by atoms with van der Waals surface area (Å²) in [7, 11) is 0. The molecule has 3 aliphatic carbocycles. The summed E-state index contributed by atoms with van der Waals surface area (Å²) in [5, 5.41) is 0. The van der Waals surface area contributed by atoms with Gasteiger partial charge in [-0.3, -0.25) is 4.79 Å². The topological polar surface area (TPSA) is 26.3 Å². The van der Waals surface area contributed by atoms with E-state index in [-0.39, 0.29) is 23.9 Å². The molecule has 0 aromatic heterocycles. The van der Waals surface area contributed by atoms with Gasteiger partial charge in [0.25, 0.3) is 5.92 Å². The number of rotatable bonds is 6. The maximum absolute atomic E-state index is 13.6. The Kier molecular flexibility index (Phi) is 5.88. The molecule has 0 amide bonds. The Morgan fingerprint density at radius 2 is 1.73 bits per heavy atom. The molecule has 3 aliphatic rings. The summed E-state index contributed by atoms with van der Waals surface area (Å²) >= 11 is 0. The number of hydrogen-bond donors (Lipinski definition) is 0. The lowest BCUT2D eigenvalue weighted by Gasteiger charge is -2.34. The number of halogens is 4. The van der Waals surface area contributed by atoms with Gasteiger partial charge in [0, 0.05) is 6.42 Å². The SMILES string of the molecule is CC1C2CC(C(=O)OC3CCC(CC(F)(F)CC(F)F)CC3)C(C2)C1C. The fourth-order valence-corrected chi connectivity index (χ4v) is 5.65. The van der Waals surface area contributed by atoms with Crippen LogP contribution in [0.1, 0.15) is 65.2 Å². The molecule has 5 unspecified atom stereocenters. The monoisotopic (exact) mass is 378 g/mol. The number of esters is 1. The molecule has 0 heterocycles. The van der Waals surface area contributed by atoms with Gasteiger partial charge in [-0.05, 0) is 68.1 Å². The summed E-state index contributed by atoms with van der Waals surface area (Å²) in [6.07, 6.45) is -0.826. The number of fused-ring (bicyclic) bond motifs is 2. The average Bonchev–Trinajstić information content (AvgIpc) is 3.08. The van der Waals surface area contributed by atoms with Crippen molar-refractivity contribution in [3.05, 3.63) is 0 Å². The van der Waals surface area contributed by atoms with Crippen molar-refractivity contribution in [1.29, 1.82) is 0 Å². The van der Waals surface area contributed by atoms with Crippen LogP contribution < -0.4 is 0 Å². The van der Waals surface area contributed by atoms with Crippen molar-refractivity contribution < 1.29 is 27.1 Å². The number of alkyl halides is 4. The lowest BCUT2D eigenvalue weighted by molar-refractivity contribution is -0.159. The van der Waals surface area contributed by atoms with Gasteiger partial charge in [-0.25, -0.2) is 17.6 Å². The molecule has 6 heteroatoms. The van der Waals surface area contributed by atoms with Crippen LogP contribution in [0, 0.1) is 35.5 Å². The lowest BCUT2D eigenvalue weighted by Crippen LogP contribution is -2.34. The van der Waals surface area contributed by atoms with Gasteiger partial charge in [0.05, 0.1) is 12.3 Å². The fraction of sp³-hybridized carbons (Fsp3) is 0.950. The lowest BCUT2D eigenvalue weighted by atomic mass is 9.75. The molecule has 0 aromatic rings. The summed E-state index contributed by atoms with van der Waals surface area (Å²) in [6.45, 7) is 4.49. The third-order valence-electron chi connectivity index (χ3n) is 7.32. The van der Waals surface area contributed by atoms with Crippen LogP contribution in [0.25, 0.3) is 0 Å². The number of ether oxygens (including phenoxy) is 1. The summed E-state index contributed by atoms with van der Waals surface area (Å²) in [4.78, 5) is 12.6. The molecule has 0 aliphatic heterocycles. The third kappa shape index (κ3) is 4.36. The van der Waals surface area contributed by atoms with E-state index >= 15 is 0 Å². The maximum atomic E-state index is 13.6. The van der Waals surface area contributed by atoms with Gasteiger partial charge in [0.1, 0.15) is 6.10 Å². The fourth-order valence-electron chi connectivity index (χ4n) is 5.65. The highest BCUT2D eigenvalue weighted by molar-refractivity contribution is 5.73. The molecule has 0 aromatic carbocycles. The summed E-state index contributed by atoms with van der Waals surface area (Å²) in [6, 6.07) is 0. The van der Waals surface area contributed by atoms with Crippen molar-refractivity contribution in [2.75, 3.05) is 0 Å². The molecule has 0 saturated heterocycles. The van der Waals surface area contributed by atoms with Gasteiger partial charge in [-0.2, -0.15) is 0 Å². The van der Waals surface area contributed by atoms with Gasteiger partial charge < -0.3 is 4.74 Å². The first-order valence-corrected chi connectivity index (χ1v) is 10.0. The zero-order valence-corrected chi connectivity index (χ0v) is 15.6. The zero-order chi connectivity index (χ0) is 19.1. The van der Waals surface area contributed by atoms with Crippen molar-refractivity contribution in [3.63, 3.8) is 0 Å². The molecule has 2 nitrogen and oxygen atoms in total. The highest BCUT2D eigenvalue weighted by atomic mass is 19.3. The molecular weight excluding hydrogens is 348 g/mol. The van der Waals surface area contributed by atoms with E-state index in [1.54, 1.807) is 0 Å². The summed E-state index contributed by atoms with van der Waals surface area (Å²) in [5.41, 5.74) is 0. The summed E-state index contributed by atoms with van der Waals surface area (Å²) < 4.78 is 57.3. The van der Waals surface area contributed by atoms with Crippen LogP contribution in [-0.4, -0.2) is 24.4 Å². The Morgan fingerprint density at radius 3 is 2.27 bits per heavy atom. The first-order chi connectivity index (χ1) is 12.2. The van der Waals surface area contributed by atoms with Gasteiger partial charge >= 0.3 is 5.97 Å². The van der Waals surface area contributed by atoms with Crippen LogP contribution >= 0.6 is 0 Å². The second-order valence-electron chi connectivity index (χ2n) is 8.95. The first-order valence-electron chi connectivity index (χ1n) is 10.0. The molecule has 5 atom stereocenters. The zero-order valence-electron chi connectivity index (χ0n) is 15.6. The molecule has 0 radical (unpaired) electrons. The van der Waals surface area contributed by atoms with E-state index in [1.165, 1.54) is 0 Å². The van der Waals surface area contributed by atoms with E-state index in [0.717, 1.165) is 12.8 Å². The average molecular weight is 378 g/mol. The minimum atomic E-state index is -3.31. The molecular formula is C20H30F4O2. The van der Waals surface area contributed by atoms with Gasteiger partial charge in [-0.15, -0.1) is 0 Å². The van der Waals surface area contributed by atoms with Crippen LogP contribution in [0.2, 0.25) is 0 Å². The summed E-state index contributed by atoms with van der Waals surface area (Å²) in [5.74, 6) is -1.40. The molecule has 150 valence electrons. The van der Waals surface area contributed by atoms with Gasteiger partial charge in [0.15, 0.2) is 0 Å². The van der Waals surface area contributed by atoms with Crippen LogP contribution in [-0.2, 0) is 9.53 Å². The predicted octanol–water partition coefficient (Wildman–Crippen LogP) is 5.70. The second-order valence-corrected chi connectivity index (χ2v) is 8.95. The Balaban J connectivity index is 1.43. The van der Waals surface area contributed by atoms with Crippen molar-refractivity contribution in [3.8, 4) is 0 Å². The Bertz CT molecular complexity index is 500.